The minimum atomic E-state index is -0.874. The zero-order valence-corrected chi connectivity index (χ0v) is 12.8. The van der Waals surface area contributed by atoms with Gasteiger partial charge in [0.1, 0.15) is 6.10 Å². The van der Waals surface area contributed by atoms with Gasteiger partial charge < -0.3 is 10.2 Å². The fourth-order valence-electron chi connectivity index (χ4n) is 3.02. The van der Waals surface area contributed by atoms with Crippen LogP contribution >= 0.6 is 0 Å². The molecule has 0 fully saturated rings. The lowest BCUT2D eigenvalue weighted by Crippen LogP contribution is -2.11. The predicted octanol–water partition coefficient (Wildman–Crippen LogP) is 3.89. The van der Waals surface area contributed by atoms with Crippen molar-refractivity contribution in [1.82, 2.24) is 0 Å². The van der Waals surface area contributed by atoms with Gasteiger partial charge in [0, 0.05) is 5.92 Å². The van der Waals surface area contributed by atoms with Crippen LogP contribution in [0.2, 0.25) is 0 Å². The maximum Gasteiger partial charge on any atom is 0.102 e. The van der Waals surface area contributed by atoms with Crippen molar-refractivity contribution in [2.24, 2.45) is 0 Å². The SMILES string of the molecule is OCC(O)c1ccccc1C(c1ccccc1)c1ccccc1. The summed E-state index contributed by atoms with van der Waals surface area (Å²) in [6.07, 6.45) is -0.874. The summed E-state index contributed by atoms with van der Waals surface area (Å²) in [5, 5.41) is 19.6. The fourth-order valence-corrected chi connectivity index (χ4v) is 3.02. The third kappa shape index (κ3) is 3.34. The Hall–Kier alpha value is -2.42. The van der Waals surface area contributed by atoms with E-state index >= 15 is 0 Å². The summed E-state index contributed by atoms with van der Waals surface area (Å²) in [5.74, 6) is 0.0230. The first-order valence-corrected chi connectivity index (χ1v) is 7.79. The average molecular weight is 304 g/mol. The van der Waals surface area contributed by atoms with Gasteiger partial charge in [0.25, 0.3) is 0 Å². The molecular formula is C21H20O2. The molecule has 0 aliphatic carbocycles. The second kappa shape index (κ2) is 7.23. The highest BCUT2D eigenvalue weighted by atomic mass is 16.3. The zero-order valence-electron chi connectivity index (χ0n) is 12.8. The molecule has 2 N–H and O–H groups in total. The summed E-state index contributed by atoms with van der Waals surface area (Å²) in [6.45, 7) is -0.284. The Kier molecular flexibility index (Phi) is 4.86. The van der Waals surface area contributed by atoms with Gasteiger partial charge in [0.2, 0.25) is 0 Å². The van der Waals surface area contributed by atoms with Crippen LogP contribution in [-0.4, -0.2) is 16.8 Å². The van der Waals surface area contributed by atoms with E-state index in [0.29, 0.717) is 0 Å². The standard InChI is InChI=1S/C21H20O2/c22-15-20(23)18-13-7-8-14-19(18)21(16-9-3-1-4-10-16)17-11-5-2-6-12-17/h1-14,20-23H,15H2. The Morgan fingerprint density at radius 3 is 1.52 bits per heavy atom. The summed E-state index contributed by atoms with van der Waals surface area (Å²) in [5.41, 5.74) is 4.12. The van der Waals surface area contributed by atoms with Crippen LogP contribution in [0.1, 0.15) is 34.3 Å². The van der Waals surface area contributed by atoms with Crippen LogP contribution in [0.3, 0.4) is 0 Å². The number of rotatable bonds is 5. The van der Waals surface area contributed by atoms with E-state index in [1.165, 1.54) is 0 Å². The molecule has 3 aromatic carbocycles. The zero-order chi connectivity index (χ0) is 16.1. The lowest BCUT2D eigenvalue weighted by molar-refractivity contribution is 0.0948. The summed E-state index contributed by atoms with van der Waals surface area (Å²) in [7, 11) is 0. The van der Waals surface area contributed by atoms with Crippen LogP contribution in [0.5, 0.6) is 0 Å². The molecule has 0 saturated carbocycles. The quantitative estimate of drug-likeness (QED) is 0.702. The molecule has 3 rings (SSSR count). The molecule has 1 unspecified atom stereocenters. The highest BCUT2D eigenvalue weighted by molar-refractivity contribution is 5.46. The summed E-state index contributed by atoms with van der Waals surface area (Å²) in [4.78, 5) is 0. The molecule has 0 amide bonds. The van der Waals surface area contributed by atoms with E-state index in [1.807, 2.05) is 60.7 Å². The average Bonchev–Trinajstić information content (AvgIpc) is 2.63. The molecule has 0 aliphatic rings. The monoisotopic (exact) mass is 304 g/mol. The molecule has 1 atom stereocenters. The number of aliphatic hydroxyl groups excluding tert-OH is 2. The molecule has 2 nitrogen and oxygen atoms in total. The third-order valence-electron chi connectivity index (χ3n) is 4.10. The molecule has 0 radical (unpaired) electrons. The van der Waals surface area contributed by atoms with Crippen LogP contribution < -0.4 is 0 Å². The third-order valence-corrected chi connectivity index (χ3v) is 4.10. The van der Waals surface area contributed by atoms with E-state index in [2.05, 4.69) is 24.3 Å². The smallest absolute Gasteiger partial charge is 0.102 e. The first kappa shape index (κ1) is 15.5. The van der Waals surface area contributed by atoms with E-state index < -0.39 is 6.10 Å². The Morgan fingerprint density at radius 2 is 1.04 bits per heavy atom. The lowest BCUT2D eigenvalue weighted by atomic mass is 9.82. The minimum Gasteiger partial charge on any atom is -0.393 e. The van der Waals surface area contributed by atoms with Crippen LogP contribution in [-0.2, 0) is 0 Å². The highest BCUT2D eigenvalue weighted by Gasteiger charge is 2.21. The van der Waals surface area contributed by atoms with E-state index in [9.17, 15) is 10.2 Å². The van der Waals surface area contributed by atoms with Gasteiger partial charge in [-0.05, 0) is 22.3 Å². The van der Waals surface area contributed by atoms with Crippen molar-refractivity contribution in [3.63, 3.8) is 0 Å². The molecule has 2 heteroatoms. The molecule has 0 saturated heterocycles. The minimum absolute atomic E-state index is 0.0230. The van der Waals surface area contributed by atoms with Crippen molar-refractivity contribution in [2.75, 3.05) is 6.61 Å². The molecule has 0 aromatic heterocycles. The van der Waals surface area contributed by atoms with E-state index in [1.54, 1.807) is 0 Å². The first-order chi connectivity index (χ1) is 11.3. The largest absolute Gasteiger partial charge is 0.393 e. The first-order valence-electron chi connectivity index (χ1n) is 7.79. The highest BCUT2D eigenvalue weighted by Crippen LogP contribution is 2.35. The van der Waals surface area contributed by atoms with Crippen LogP contribution in [0.25, 0.3) is 0 Å². The number of hydrogen-bond acceptors (Lipinski definition) is 2. The summed E-state index contributed by atoms with van der Waals surface area (Å²) < 4.78 is 0. The summed E-state index contributed by atoms with van der Waals surface area (Å²) in [6, 6.07) is 28.3. The van der Waals surface area contributed by atoms with Crippen molar-refractivity contribution in [2.45, 2.75) is 12.0 Å². The second-order valence-electron chi connectivity index (χ2n) is 5.58. The van der Waals surface area contributed by atoms with Gasteiger partial charge in [-0.2, -0.15) is 0 Å². The van der Waals surface area contributed by atoms with Gasteiger partial charge in [-0.1, -0.05) is 84.9 Å². The molecule has 23 heavy (non-hydrogen) atoms. The molecular weight excluding hydrogens is 284 g/mol. The fraction of sp³-hybridized carbons (Fsp3) is 0.143. The second-order valence-corrected chi connectivity index (χ2v) is 5.58. The molecule has 0 spiro atoms. The van der Waals surface area contributed by atoms with Crippen LogP contribution in [0.4, 0.5) is 0 Å². The van der Waals surface area contributed by atoms with E-state index in [4.69, 9.17) is 0 Å². The van der Waals surface area contributed by atoms with Crippen molar-refractivity contribution >= 4 is 0 Å². The van der Waals surface area contributed by atoms with Gasteiger partial charge in [0.15, 0.2) is 0 Å². The van der Waals surface area contributed by atoms with Crippen molar-refractivity contribution in [3.05, 3.63) is 107 Å². The normalized spacial score (nSPS) is 12.3. The topological polar surface area (TPSA) is 40.5 Å². The molecule has 0 bridgehead atoms. The van der Waals surface area contributed by atoms with Gasteiger partial charge in [-0.15, -0.1) is 0 Å². The number of benzene rings is 3. The van der Waals surface area contributed by atoms with Crippen molar-refractivity contribution < 1.29 is 10.2 Å². The van der Waals surface area contributed by atoms with E-state index in [0.717, 1.165) is 22.3 Å². The van der Waals surface area contributed by atoms with Gasteiger partial charge in [0.05, 0.1) is 6.61 Å². The van der Waals surface area contributed by atoms with Crippen LogP contribution in [0.15, 0.2) is 84.9 Å². The van der Waals surface area contributed by atoms with Gasteiger partial charge >= 0.3 is 0 Å². The van der Waals surface area contributed by atoms with Gasteiger partial charge in [-0.3, -0.25) is 0 Å². The molecule has 3 aromatic rings. The van der Waals surface area contributed by atoms with Crippen molar-refractivity contribution in [3.8, 4) is 0 Å². The van der Waals surface area contributed by atoms with Crippen molar-refractivity contribution in [1.29, 1.82) is 0 Å². The predicted molar refractivity (Wildman–Crippen MR) is 92.3 cm³/mol. The van der Waals surface area contributed by atoms with E-state index in [-0.39, 0.29) is 12.5 Å². The Morgan fingerprint density at radius 1 is 0.609 bits per heavy atom. The lowest BCUT2D eigenvalue weighted by Gasteiger charge is -2.23. The van der Waals surface area contributed by atoms with Crippen LogP contribution in [0, 0.1) is 0 Å². The molecule has 0 aliphatic heterocycles. The molecule has 116 valence electrons. The Bertz CT molecular complexity index is 699. The maximum atomic E-state index is 10.2. The maximum absolute atomic E-state index is 10.2. The number of hydrogen-bond donors (Lipinski definition) is 2. The molecule has 0 heterocycles. The Balaban J connectivity index is 2.18. The van der Waals surface area contributed by atoms with Gasteiger partial charge in [-0.25, -0.2) is 0 Å². The Labute approximate surface area is 136 Å². The summed E-state index contributed by atoms with van der Waals surface area (Å²) >= 11 is 0. The number of aliphatic hydroxyl groups is 2.